The van der Waals surface area contributed by atoms with Crippen molar-refractivity contribution in [1.29, 1.82) is 0 Å². The standard InChI is InChI=1S/C71H65N5/c1-69(2,3)53-34-39-56(40-35-53)75(58-38-33-48-23-19-20-30-52(48)45-58)63-46-55(71(7,8)9)47-64(65(63)49-24-13-10-14-25-49)76(57-41-36-54(37-42-57)70(4,5)6)62-44-43-61(59-31-21-22-32-60(59)62)68-73-66(50-26-15-11-16-27-50)72-67(74-68)51-28-17-12-18-29-51/h10-47H,1-9H3. The molecule has 76 heavy (non-hydrogen) atoms. The molecule has 0 amide bonds. The number of rotatable bonds is 10. The van der Waals surface area contributed by atoms with Gasteiger partial charge in [-0.1, -0.05) is 232 Å². The third-order valence-corrected chi connectivity index (χ3v) is 14.6. The molecule has 10 aromatic carbocycles. The third kappa shape index (κ3) is 9.89. The van der Waals surface area contributed by atoms with Crippen molar-refractivity contribution in [1.82, 2.24) is 15.0 Å². The molecule has 0 aliphatic rings. The average molecular weight is 988 g/mol. The Balaban J connectivity index is 1.23. The van der Waals surface area contributed by atoms with Crippen molar-refractivity contribution in [2.45, 2.75) is 78.6 Å². The van der Waals surface area contributed by atoms with Gasteiger partial charge in [0.1, 0.15) is 0 Å². The van der Waals surface area contributed by atoms with Gasteiger partial charge in [0.05, 0.1) is 17.1 Å². The first-order chi connectivity index (χ1) is 36.6. The third-order valence-electron chi connectivity index (χ3n) is 14.6. The Morgan fingerprint density at radius 1 is 0.289 bits per heavy atom. The summed E-state index contributed by atoms with van der Waals surface area (Å²) in [5, 5.41) is 4.48. The summed E-state index contributed by atoms with van der Waals surface area (Å²) in [6, 6.07) is 83.4. The molecule has 1 heterocycles. The zero-order chi connectivity index (χ0) is 52.8. The number of aromatic nitrogens is 3. The van der Waals surface area contributed by atoms with Crippen LogP contribution in [0.25, 0.3) is 66.8 Å². The van der Waals surface area contributed by atoms with Gasteiger partial charge in [0.25, 0.3) is 0 Å². The van der Waals surface area contributed by atoms with E-state index in [2.05, 4.69) is 266 Å². The van der Waals surface area contributed by atoms with Crippen LogP contribution < -0.4 is 9.80 Å². The molecule has 0 saturated heterocycles. The van der Waals surface area contributed by atoms with E-state index in [0.29, 0.717) is 17.5 Å². The minimum atomic E-state index is -0.247. The molecule has 0 N–H and O–H groups in total. The Labute approximate surface area is 449 Å². The second-order valence-electron chi connectivity index (χ2n) is 23.0. The van der Waals surface area contributed by atoms with Crippen LogP contribution in [0.3, 0.4) is 0 Å². The monoisotopic (exact) mass is 988 g/mol. The predicted molar refractivity (Wildman–Crippen MR) is 322 cm³/mol. The highest BCUT2D eigenvalue weighted by molar-refractivity contribution is 6.08. The lowest BCUT2D eigenvalue weighted by atomic mass is 9.83. The fourth-order valence-electron chi connectivity index (χ4n) is 10.3. The number of hydrogen-bond donors (Lipinski definition) is 0. The number of hydrogen-bond acceptors (Lipinski definition) is 5. The van der Waals surface area contributed by atoms with Gasteiger partial charge in [-0.2, -0.15) is 0 Å². The van der Waals surface area contributed by atoms with E-state index in [-0.39, 0.29) is 16.2 Å². The zero-order valence-corrected chi connectivity index (χ0v) is 45.2. The van der Waals surface area contributed by atoms with Crippen molar-refractivity contribution in [3.8, 4) is 45.3 Å². The topological polar surface area (TPSA) is 45.2 Å². The summed E-state index contributed by atoms with van der Waals surface area (Å²) < 4.78 is 0. The summed E-state index contributed by atoms with van der Waals surface area (Å²) in [6.45, 7) is 20.7. The highest BCUT2D eigenvalue weighted by Gasteiger charge is 2.30. The van der Waals surface area contributed by atoms with E-state index in [1.807, 2.05) is 36.4 Å². The lowest BCUT2D eigenvalue weighted by molar-refractivity contribution is 0.589. The van der Waals surface area contributed by atoms with Crippen molar-refractivity contribution in [2.75, 3.05) is 9.80 Å². The fraction of sp³-hybridized carbons (Fsp3) is 0.169. The van der Waals surface area contributed by atoms with Crippen LogP contribution in [0.15, 0.2) is 231 Å². The van der Waals surface area contributed by atoms with Gasteiger partial charge in [0.15, 0.2) is 17.5 Å². The van der Waals surface area contributed by atoms with E-state index < -0.39 is 0 Å². The lowest BCUT2D eigenvalue weighted by Gasteiger charge is -2.36. The van der Waals surface area contributed by atoms with Gasteiger partial charge in [-0.3, -0.25) is 0 Å². The highest BCUT2D eigenvalue weighted by Crippen LogP contribution is 2.53. The van der Waals surface area contributed by atoms with Crippen LogP contribution in [-0.4, -0.2) is 15.0 Å². The van der Waals surface area contributed by atoms with E-state index >= 15 is 0 Å². The predicted octanol–water partition coefficient (Wildman–Crippen LogP) is 19.7. The van der Waals surface area contributed by atoms with Crippen LogP contribution in [-0.2, 0) is 16.2 Å². The Morgan fingerprint density at radius 3 is 1.24 bits per heavy atom. The summed E-state index contributed by atoms with van der Waals surface area (Å²) in [7, 11) is 0. The first kappa shape index (κ1) is 49.5. The van der Waals surface area contributed by atoms with Gasteiger partial charge in [-0.05, 0) is 115 Å². The van der Waals surface area contributed by atoms with Crippen LogP contribution >= 0.6 is 0 Å². The van der Waals surface area contributed by atoms with Crippen LogP contribution in [0.4, 0.5) is 34.1 Å². The molecule has 0 saturated carbocycles. The van der Waals surface area contributed by atoms with E-state index in [0.717, 1.165) is 72.7 Å². The largest absolute Gasteiger partial charge is 0.310 e. The first-order valence-corrected chi connectivity index (χ1v) is 26.5. The smallest absolute Gasteiger partial charge is 0.164 e. The summed E-state index contributed by atoms with van der Waals surface area (Å²) >= 11 is 0. The quantitative estimate of drug-likeness (QED) is 0.137. The van der Waals surface area contributed by atoms with E-state index in [9.17, 15) is 0 Å². The molecular formula is C71H65N5. The molecule has 5 nitrogen and oxygen atoms in total. The van der Waals surface area contributed by atoms with Crippen molar-refractivity contribution >= 4 is 55.7 Å². The molecule has 0 aliphatic heterocycles. The molecule has 0 bridgehead atoms. The highest BCUT2D eigenvalue weighted by atomic mass is 15.2. The molecule has 0 aliphatic carbocycles. The molecule has 11 aromatic rings. The maximum absolute atomic E-state index is 5.25. The zero-order valence-electron chi connectivity index (χ0n) is 45.2. The normalized spacial score (nSPS) is 12.0. The van der Waals surface area contributed by atoms with E-state index in [4.69, 9.17) is 15.0 Å². The van der Waals surface area contributed by atoms with Crippen LogP contribution in [0.2, 0.25) is 0 Å². The number of fused-ring (bicyclic) bond motifs is 2. The average Bonchev–Trinajstić information content (AvgIpc) is 3.50. The maximum atomic E-state index is 5.25. The Hall–Kier alpha value is -8.67. The van der Waals surface area contributed by atoms with Gasteiger partial charge in [0.2, 0.25) is 0 Å². The molecule has 0 unspecified atom stereocenters. The molecular weight excluding hydrogens is 923 g/mol. The molecule has 0 fully saturated rings. The van der Waals surface area contributed by atoms with Crippen LogP contribution in [0, 0.1) is 0 Å². The SMILES string of the molecule is CC(C)(C)c1ccc(N(c2ccc3ccccc3c2)c2cc(C(C)(C)C)cc(N(c3ccc(C(C)(C)C)cc3)c3ccc(-c4nc(-c5ccccc5)nc(-c5ccccc5)n4)c4ccccc34)c2-c2ccccc2)cc1. The fourth-order valence-corrected chi connectivity index (χ4v) is 10.3. The molecule has 0 spiro atoms. The number of benzene rings is 10. The summed E-state index contributed by atoms with van der Waals surface area (Å²) in [6.07, 6.45) is 0. The van der Waals surface area contributed by atoms with Gasteiger partial charge in [-0.25, -0.2) is 15.0 Å². The molecule has 0 atom stereocenters. The minimum absolute atomic E-state index is 0.0138. The second-order valence-corrected chi connectivity index (χ2v) is 23.0. The Bertz CT molecular complexity index is 3790. The second kappa shape index (κ2) is 19.9. The molecule has 0 radical (unpaired) electrons. The van der Waals surface area contributed by atoms with Crippen LogP contribution in [0.5, 0.6) is 0 Å². The van der Waals surface area contributed by atoms with Gasteiger partial charge in [0, 0.05) is 44.7 Å². The van der Waals surface area contributed by atoms with Gasteiger partial charge in [-0.15, -0.1) is 0 Å². The van der Waals surface area contributed by atoms with Crippen molar-refractivity contribution in [2.24, 2.45) is 0 Å². The molecule has 5 heteroatoms. The Morgan fingerprint density at radius 2 is 0.711 bits per heavy atom. The molecule has 374 valence electrons. The molecule has 11 rings (SSSR count). The summed E-state index contributed by atoms with van der Waals surface area (Å²) in [4.78, 5) is 20.5. The summed E-state index contributed by atoms with van der Waals surface area (Å²) in [5.41, 5.74) is 14.8. The van der Waals surface area contributed by atoms with Crippen molar-refractivity contribution < 1.29 is 0 Å². The van der Waals surface area contributed by atoms with E-state index in [1.54, 1.807) is 0 Å². The first-order valence-electron chi connectivity index (χ1n) is 26.5. The maximum Gasteiger partial charge on any atom is 0.164 e. The minimum Gasteiger partial charge on any atom is -0.310 e. The van der Waals surface area contributed by atoms with Crippen LogP contribution in [0.1, 0.15) is 79.0 Å². The number of nitrogens with zero attached hydrogens (tertiary/aromatic N) is 5. The summed E-state index contributed by atoms with van der Waals surface area (Å²) in [5.74, 6) is 1.87. The lowest BCUT2D eigenvalue weighted by Crippen LogP contribution is -2.20. The number of anilines is 6. The van der Waals surface area contributed by atoms with Crippen molar-refractivity contribution in [3.05, 3.63) is 247 Å². The van der Waals surface area contributed by atoms with Gasteiger partial charge < -0.3 is 9.80 Å². The van der Waals surface area contributed by atoms with Crippen molar-refractivity contribution in [3.63, 3.8) is 0 Å². The van der Waals surface area contributed by atoms with Gasteiger partial charge >= 0.3 is 0 Å². The molecule has 1 aromatic heterocycles. The van der Waals surface area contributed by atoms with E-state index in [1.165, 1.54) is 27.5 Å². The Kier molecular flexibility index (Phi) is 13.0.